The lowest BCUT2D eigenvalue weighted by Crippen LogP contribution is -2.57. The Balaban J connectivity index is 1.82. The molecule has 0 radical (unpaired) electrons. The van der Waals surface area contributed by atoms with Crippen molar-refractivity contribution in [2.45, 2.75) is 32.4 Å². The molecule has 0 bridgehead atoms. The average Bonchev–Trinajstić information content (AvgIpc) is 2.44. The SMILES string of the molecule is CC1NCCN(C(=O)CCOc2ccccc2F)C1C. The van der Waals surface area contributed by atoms with E-state index in [4.69, 9.17) is 4.74 Å². The summed E-state index contributed by atoms with van der Waals surface area (Å²) in [5.74, 6) is -0.145. The minimum atomic E-state index is -0.399. The number of rotatable bonds is 4. The summed E-state index contributed by atoms with van der Waals surface area (Å²) in [6.45, 7) is 5.83. The van der Waals surface area contributed by atoms with Gasteiger partial charge in [0.2, 0.25) is 5.91 Å². The molecule has 5 heteroatoms. The molecule has 1 heterocycles. The molecule has 2 atom stereocenters. The summed E-state index contributed by atoms with van der Waals surface area (Å²) in [6.07, 6.45) is 0.269. The van der Waals surface area contributed by atoms with Gasteiger partial charge in [-0.1, -0.05) is 12.1 Å². The second-order valence-corrected chi connectivity index (χ2v) is 5.10. The van der Waals surface area contributed by atoms with E-state index in [1.807, 2.05) is 11.8 Å². The Bertz CT molecular complexity index is 467. The molecule has 1 aliphatic heterocycles. The van der Waals surface area contributed by atoms with Gasteiger partial charge in [-0.05, 0) is 26.0 Å². The first-order chi connectivity index (χ1) is 9.59. The third-order valence-electron chi connectivity index (χ3n) is 3.76. The topological polar surface area (TPSA) is 41.6 Å². The Morgan fingerprint density at radius 1 is 1.45 bits per heavy atom. The smallest absolute Gasteiger partial charge is 0.226 e. The average molecular weight is 280 g/mol. The van der Waals surface area contributed by atoms with Crippen LogP contribution in [0.15, 0.2) is 24.3 Å². The molecule has 0 aromatic heterocycles. The molecule has 1 saturated heterocycles. The Morgan fingerprint density at radius 3 is 2.95 bits per heavy atom. The molecule has 0 spiro atoms. The highest BCUT2D eigenvalue weighted by Crippen LogP contribution is 2.16. The minimum Gasteiger partial charge on any atom is -0.490 e. The van der Waals surface area contributed by atoms with Crippen LogP contribution in [0.1, 0.15) is 20.3 Å². The van der Waals surface area contributed by atoms with Gasteiger partial charge in [0.15, 0.2) is 11.6 Å². The fourth-order valence-corrected chi connectivity index (χ4v) is 2.36. The van der Waals surface area contributed by atoms with Gasteiger partial charge in [0.05, 0.1) is 13.0 Å². The van der Waals surface area contributed by atoms with E-state index in [2.05, 4.69) is 12.2 Å². The number of piperazine rings is 1. The first-order valence-corrected chi connectivity index (χ1v) is 7.00. The van der Waals surface area contributed by atoms with Crippen molar-refractivity contribution in [3.8, 4) is 5.75 Å². The summed E-state index contributed by atoms with van der Waals surface area (Å²) in [4.78, 5) is 14.0. The van der Waals surface area contributed by atoms with Crippen molar-refractivity contribution in [3.63, 3.8) is 0 Å². The molecule has 2 unspecified atom stereocenters. The maximum atomic E-state index is 13.4. The maximum absolute atomic E-state index is 13.4. The summed E-state index contributed by atoms with van der Waals surface area (Å²) < 4.78 is 18.7. The normalized spacial score (nSPS) is 22.6. The second kappa shape index (κ2) is 6.70. The second-order valence-electron chi connectivity index (χ2n) is 5.10. The molecule has 1 amide bonds. The Hall–Kier alpha value is -1.62. The molecule has 1 aromatic carbocycles. The maximum Gasteiger partial charge on any atom is 0.226 e. The van der Waals surface area contributed by atoms with Crippen molar-refractivity contribution in [3.05, 3.63) is 30.1 Å². The standard InChI is InChI=1S/C15H21FN2O2/c1-11-12(2)18(9-8-17-11)15(19)7-10-20-14-6-4-3-5-13(14)16/h3-6,11-12,17H,7-10H2,1-2H3. The molecule has 0 aliphatic carbocycles. The van der Waals surface area contributed by atoms with Gasteiger partial charge in [0, 0.05) is 25.2 Å². The predicted octanol–water partition coefficient (Wildman–Crippen LogP) is 1.80. The van der Waals surface area contributed by atoms with Crippen LogP contribution in [0.25, 0.3) is 0 Å². The van der Waals surface area contributed by atoms with E-state index in [0.717, 1.165) is 6.54 Å². The van der Waals surface area contributed by atoms with Gasteiger partial charge in [0.1, 0.15) is 0 Å². The highest BCUT2D eigenvalue weighted by molar-refractivity contribution is 5.76. The number of nitrogens with one attached hydrogen (secondary N) is 1. The van der Waals surface area contributed by atoms with E-state index in [-0.39, 0.29) is 30.7 Å². The summed E-state index contributed by atoms with van der Waals surface area (Å²) in [5, 5.41) is 3.33. The van der Waals surface area contributed by atoms with Crippen molar-refractivity contribution in [1.82, 2.24) is 10.2 Å². The van der Waals surface area contributed by atoms with Gasteiger partial charge in [-0.15, -0.1) is 0 Å². The van der Waals surface area contributed by atoms with E-state index < -0.39 is 5.82 Å². The van der Waals surface area contributed by atoms with Crippen LogP contribution in [-0.2, 0) is 4.79 Å². The zero-order valence-electron chi connectivity index (χ0n) is 11.9. The number of hydrogen-bond acceptors (Lipinski definition) is 3. The van der Waals surface area contributed by atoms with E-state index in [9.17, 15) is 9.18 Å². The highest BCUT2D eigenvalue weighted by atomic mass is 19.1. The molecular formula is C15H21FN2O2. The molecule has 4 nitrogen and oxygen atoms in total. The van der Waals surface area contributed by atoms with E-state index in [1.165, 1.54) is 6.07 Å². The largest absolute Gasteiger partial charge is 0.490 e. The van der Waals surface area contributed by atoms with Gasteiger partial charge < -0.3 is 15.0 Å². The zero-order chi connectivity index (χ0) is 14.5. The van der Waals surface area contributed by atoms with Crippen LogP contribution in [0.5, 0.6) is 5.75 Å². The van der Waals surface area contributed by atoms with Crippen LogP contribution in [0.3, 0.4) is 0 Å². The predicted molar refractivity (Wildman–Crippen MR) is 75.2 cm³/mol. The molecular weight excluding hydrogens is 259 g/mol. The number of benzene rings is 1. The monoisotopic (exact) mass is 280 g/mol. The van der Waals surface area contributed by atoms with Gasteiger partial charge in [-0.3, -0.25) is 4.79 Å². The number of carbonyl (C=O) groups excluding carboxylic acids is 1. The lowest BCUT2D eigenvalue weighted by atomic mass is 10.1. The van der Waals surface area contributed by atoms with Crippen LogP contribution in [0.2, 0.25) is 0 Å². The molecule has 1 aliphatic rings. The van der Waals surface area contributed by atoms with Crippen LogP contribution in [0, 0.1) is 5.82 Å². The molecule has 20 heavy (non-hydrogen) atoms. The first kappa shape index (κ1) is 14.8. The lowest BCUT2D eigenvalue weighted by molar-refractivity contribution is -0.135. The zero-order valence-corrected chi connectivity index (χ0v) is 11.9. The number of carbonyl (C=O) groups is 1. The lowest BCUT2D eigenvalue weighted by Gasteiger charge is -2.38. The number of hydrogen-bond donors (Lipinski definition) is 1. The Labute approximate surface area is 118 Å². The fraction of sp³-hybridized carbons (Fsp3) is 0.533. The van der Waals surface area contributed by atoms with Gasteiger partial charge in [0.25, 0.3) is 0 Å². The van der Waals surface area contributed by atoms with E-state index in [1.54, 1.807) is 18.2 Å². The number of amides is 1. The van der Waals surface area contributed by atoms with Crippen LogP contribution >= 0.6 is 0 Å². The molecule has 0 saturated carbocycles. The minimum absolute atomic E-state index is 0.0576. The molecule has 2 rings (SSSR count). The van der Waals surface area contributed by atoms with Crippen molar-refractivity contribution >= 4 is 5.91 Å². The van der Waals surface area contributed by atoms with Crippen molar-refractivity contribution < 1.29 is 13.9 Å². The van der Waals surface area contributed by atoms with Crippen molar-refractivity contribution in [2.24, 2.45) is 0 Å². The summed E-state index contributed by atoms with van der Waals surface area (Å²) in [6, 6.07) is 6.69. The number of para-hydroxylation sites is 1. The van der Waals surface area contributed by atoms with Crippen LogP contribution in [-0.4, -0.2) is 42.6 Å². The van der Waals surface area contributed by atoms with E-state index in [0.29, 0.717) is 12.6 Å². The number of halogens is 1. The molecule has 1 aromatic rings. The quantitative estimate of drug-likeness (QED) is 0.914. The van der Waals surface area contributed by atoms with E-state index >= 15 is 0 Å². The Kier molecular flexibility index (Phi) is 4.95. The van der Waals surface area contributed by atoms with Crippen LogP contribution in [0.4, 0.5) is 4.39 Å². The van der Waals surface area contributed by atoms with Crippen molar-refractivity contribution in [2.75, 3.05) is 19.7 Å². The van der Waals surface area contributed by atoms with Crippen LogP contribution < -0.4 is 10.1 Å². The molecule has 1 fully saturated rings. The van der Waals surface area contributed by atoms with Gasteiger partial charge in [-0.25, -0.2) is 4.39 Å². The summed E-state index contributed by atoms with van der Waals surface area (Å²) in [5.41, 5.74) is 0. The highest BCUT2D eigenvalue weighted by Gasteiger charge is 2.27. The molecule has 1 N–H and O–H groups in total. The fourth-order valence-electron chi connectivity index (χ4n) is 2.36. The van der Waals surface area contributed by atoms with Gasteiger partial charge in [-0.2, -0.15) is 0 Å². The summed E-state index contributed by atoms with van der Waals surface area (Å²) in [7, 11) is 0. The van der Waals surface area contributed by atoms with Gasteiger partial charge >= 0.3 is 0 Å². The third kappa shape index (κ3) is 3.48. The third-order valence-corrected chi connectivity index (χ3v) is 3.76. The summed E-state index contributed by atoms with van der Waals surface area (Å²) >= 11 is 0. The van der Waals surface area contributed by atoms with Crippen molar-refractivity contribution in [1.29, 1.82) is 0 Å². The molecule has 110 valence electrons. The first-order valence-electron chi connectivity index (χ1n) is 7.00. The Morgan fingerprint density at radius 2 is 2.20 bits per heavy atom. The number of ether oxygens (including phenoxy) is 1. The number of nitrogens with zero attached hydrogens (tertiary/aromatic N) is 1.